The van der Waals surface area contributed by atoms with Crippen LogP contribution in [0.5, 0.6) is 5.75 Å². The second-order valence-corrected chi connectivity index (χ2v) is 5.14. The van der Waals surface area contributed by atoms with E-state index in [1.54, 1.807) is 42.6 Å². The maximum atomic E-state index is 12.3. The number of aromatic nitrogens is 2. The number of likely N-dealkylation sites (tertiary alicyclic amines) is 1. The Morgan fingerprint density at radius 1 is 1.50 bits per heavy atom. The van der Waals surface area contributed by atoms with E-state index in [2.05, 4.69) is 9.97 Å². The number of rotatable bonds is 3. The summed E-state index contributed by atoms with van der Waals surface area (Å²) in [5, 5.41) is 0.446. The predicted octanol–water partition coefficient (Wildman–Crippen LogP) is 2.31. The van der Waals surface area contributed by atoms with Crippen molar-refractivity contribution in [3.05, 3.63) is 47.0 Å². The van der Waals surface area contributed by atoms with Crippen LogP contribution in [0.2, 0.25) is 5.02 Å². The van der Waals surface area contributed by atoms with Gasteiger partial charge in [0.25, 0.3) is 5.91 Å². The lowest BCUT2D eigenvalue weighted by Crippen LogP contribution is -2.48. The number of aromatic amines is 1. The van der Waals surface area contributed by atoms with Gasteiger partial charge in [0.05, 0.1) is 18.1 Å². The van der Waals surface area contributed by atoms with Crippen LogP contribution in [-0.4, -0.2) is 41.0 Å². The quantitative estimate of drug-likeness (QED) is 0.944. The number of carbonyl (C=O) groups is 1. The molecule has 0 atom stereocenters. The largest absolute Gasteiger partial charge is 0.495 e. The van der Waals surface area contributed by atoms with Gasteiger partial charge in [-0.05, 0) is 18.2 Å². The number of nitrogens with zero attached hydrogens (tertiary/aromatic N) is 2. The molecule has 3 rings (SSSR count). The molecule has 1 aliphatic heterocycles. The molecule has 1 fully saturated rings. The van der Waals surface area contributed by atoms with Gasteiger partial charge in [0.2, 0.25) is 0 Å². The Morgan fingerprint density at radius 2 is 2.30 bits per heavy atom. The highest BCUT2D eigenvalue weighted by molar-refractivity contribution is 6.32. The van der Waals surface area contributed by atoms with Crippen molar-refractivity contribution in [1.82, 2.24) is 14.9 Å². The number of imidazole rings is 1. The Bertz CT molecular complexity index is 621. The van der Waals surface area contributed by atoms with Crippen LogP contribution in [0.15, 0.2) is 30.6 Å². The summed E-state index contributed by atoms with van der Waals surface area (Å²) in [4.78, 5) is 21.4. The Kier molecular flexibility index (Phi) is 3.36. The van der Waals surface area contributed by atoms with Crippen molar-refractivity contribution >= 4 is 17.5 Å². The Hall–Kier alpha value is -2.01. The van der Waals surface area contributed by atoms with Gasteiger partial charge in [-0.25, -0.2) is 4.98 Å². The molecule has 0 aliphatic carbocycles. The van der Waals surface area contributed by atoms with Crippen molar-refractivity contribution in [2.24, 2.45) is 0 Å². The molecule has 1 N–H and O–H groups in total. The number of hydrogen-bond acceptors (Lipinski definition) is 3. The molecule has 20 heavy (non-hydrogen) atoms. The molecule has 0 unspecified atom stereocenters. The first-order chi connectivity index (χ1) is 9.69. The second kappa shape index (κ2) is 5.17. The molecular weight excluding hydrogens is 278 g/mol. The van der Waals surface area contributed by atoms with Crippen molar-refractivity contribution in [3.63, 3.8) is 0 Å². The van der Waals surface area contributed by atoms with Crippen LogP contribution in [0, 0.1) is 0 Å². The van der Waals surface area contributed by atoms with Gasteiger partial charge in [-0.2, -0.15) is 0 Å². The molecule has 0 bridgehead atoms. The summed E-state index contributed by atoms with van der Waals surface area (Å²) >= 11 is 6.04. The van der Waals surface area contributed by atoms with Gasteiger partial charge in [-0.1, -0.05) is 11.6 Å². The SMILES string of the molecule is COc1ccc(C(=O)N2CC(c3ncc[nH]3)C2)cc1Cl. The van der Waals surface area contributed by atoms with Crippen LogP contribution in [0.25, 0.3) is 0 Å². The molecule has 2 aromatic rings. The lowest BCUT2D eigenvalue weighted by Gasteiger charge is -2.38. The number of hydrogen-bond donors (Lipinski definition) is 1. The third kappa shape index (κ3) is 2.25. The molecule has 2 heterocycles. The van der Waals surface area contributed by atoms with Crippen LogP contribution >= 0.6 is 11.6 Å². The minimum Gasteiger partial charge on any atom is -0.495 e. The van der Waals surface area contributed by atoms with Crippen LogP contribution in [-0.2, 0) is 0 Å². The standard InChI is InChI=1S/C14H14ClN3O2/c1-20-12-3-2-9(6-11(12)15)14(19)18-7-10(8-18)13-16-4-5-17-13/h2-6,10H,7-8H2,1H3,(H,16,17). The average Bonchev–Trinajstić information content (AvgIpc) is 2.90. The Balaban J connectivity index is 1.67. The molecule has 1 aromatic carbocycles. The van der Waals surface area contributed by atoms with E-state index in [1.807, 2.05) is 0 Å². The maximum Gasteiger partial charge on any atom is 0.253 e. The summed E-state index contributed by atoms with van der Waals surface area (Å²) in [6.07, 6.45) is 3.52. The van der Waals surface area contributed by atoms with Crippen LogP contribution in [0.4, 0.5) is 0 Å². The molecule has 104 valence electrons. The lowest BCUT2D eigenvalue weighted by atomic mass is 9.98. The van der Waals surface area contributed by atoms with Crippen molar-refractivity contribution in [3.8, 4) is 5.75 Å². The molecular formula is C14H14ClN3O2. The smallest absolute Gasteiger partial charge is 0.253 e. The Labute approximate surface area is 121 Å². The van der Waals surface area contributed by atoms with Crippen LogP contribution in [0.3, 0.4) is 0 Å². The van der Waals surface area contributed by atoms with Gasteiger partial charge in [0.1, 0.15) is 11.6 Å². The van der Waals surface area contributed by atoms with Crippen LogP contribution in [0.1, 0.15) is 22.1 Å². The van der Waals surface area contributed by atoms with Gasteiger partial charge in [-0.3, -0.25) is 4.79 Å². The third-order valence-corrected chi connectivity index (χ3v) is 3.77. The summed E-state index contributed by atoms with van der Waals surface area (Å²) in [5.41, 5.74) is 0.577. The van der Waals surface area contributed by atoms with Gasteiger partial charge in [-0.15, -0.1) is 0 Å². The molecule has 1 saturated heterocycles. The lowest BCUT2D eigenvalue weighted by molar-refractivity contribution is 0.0595. The Morgan fingerprint density at radius 3 is 2.90 bits per heavy atom. The van der Waals surface area contributed by atoms with E-state index in [4.69, 9.17) is 16.3 Å². The van der Waals surface area contributed by atoms with Crippen molar-refractivity contribution in [2.75, 3.05) is 20.2 Å². The number of H-pyrrole nitrogens is 1. The van der Waals surface area contributed by atoms with Crippen molar-refractivity contribution in [1.29, 1.82) is 0 Å². The first-order valence-electron chi connectivity index (χ1n) is 6.31. The summed E-state index contributed by atoms with van der Waals surface area (Å²) in [6.45, 7) is 1.35. The van der Waals surface area contributed by atoms with Gasteiger partial charge in [0, 0.05) is 31.0 Å². The summed E-state index contributed by atoms with van der Waals surface area (Å²) < 4.78 is 5.08. The van der Waals surface area contributed by atoms with E-state index < -0.39 is 0 Å². The number of halogens is 1. The van der Waals surface area contributed by atoms with E-state index >= 15 is 0 Å². The third-order valence-electron chi connectivity index (χ3n) is 3.47. The number of methoxy groups -OCH3 is 1. The van der Waals surface area contributed by atoms with E-state index in [1.165, 1.54) is 0 Å². The number of nitrogens with one attached hydrogen (secondary N) is 1. The van der Waals surface area contributed by atoms with E-state index in [9.17, 15) is 4.79 Å². The zero-order chi connectivity index (χ0) is 14.1. The zero-order valence-electron chi connectivity index (χ0n) is 11.0. The highest BCUT2D eigenvalue weighted by atomic mass is 35.5. The summed E-state index contributed by atoms with van der Waals surface area (Å²) in [7, 11) is 1.55. The topological polar surface area (TPSA) is 58.2 Å². The van der Waals surface area contributed by atoms with E-state index in [0.717, 1.165) is 5.82 Å². The fourth-order valence-electron chi connectivity index (χ4n) is 2.30. The maximum absolute atomic E-state index is 12.3. The predicted molar refractivity (Wildman–Crippen MR) is 75.2 cm³/mol. The first kappa shape index (κ1) is 13.0. The van der Waals surface area contributed by atoms with Gasteiger partial charge >= 0.3 is 0 Å². The first-order valence-corrected chi connectivity index (χ1v) is 6.69. The fraction of sp³-hybridized carbons (Fsp3) is 0.286. The van der Waals surface area contributed by atoms with Crippen molar-refractivity contribution in [2.45, 2.75) is 5.92 Å². The molecule has 0 spiro atoms. The minimum atomic E-state index is -0.0163. The molecule has 0 saturated carbocycles. The number of carbonyl (C=O) groups excluding carboxylic acids is 1. The van der Waals surface area contributed by atoms with E-state index in [0.29, 0.717) is 35.3 Å². The molecule has 1 aromatic heterocycles. The second-order valence-electron chi connectivity index (χ2n) is 4.73. The molecule has 5 nitrogen and oxygen atoms in total. The minimum absolute atomic E-state index is 0.0163. The highest BCUT2D eigenvalue weighted by Crippen LogP contribution is 2.29. The number of ether oxygens (including phenoxy) is 1. The highest BCUT2D eigenvalue weighted by Gasteiger charge is 2.33. The molecule has 0 radical (unpaired) electrons. The van der Waals surface area contributed by atoms with Gasteiger partial charge in [0.15, 0.2) is 0 Å². The average molecular weight is 292 g/mol. The van der Waals surface area contributed by atoms with Gasteiger partial charge < -0.3 is 14.6 Å². The summed E-state index contributed by atoms with van der Waals surface area (Å²) in [5.74, 6) is 1.78. The zero-order valence-corrected chi connectivity index (χ0v) is 11.7. The molecule has 6 heteroatoms. The van der Waals surface area contributed by atoms with Crippen molar-refractivity contribution < 1.29 is 9.53 Å². The number of benzene rings is 1. The molecule has 1 amide bonds. The number of amides is 1. The molecule has 1 aliphatic rings. The monoisotopic (exact) mass is 291 g/mol. The van der Waals surface area contributed by atoms with Crippen LogP contribution < -0.4 is 4.74 Å². The summed E-state index contributed by atoms with van der Waals surface area (Å²) in [6, 6.07) is 5.08. The van der Waals surface area contributed by atoms with E-state index in [-0.39, 0.29) is 5.91 Å². The normalized spacial score (nSPS) is 15.0. The fourth-order valence-corrected chi connectivity index (χ4v) is 2.56.